The minimum Gasteiger partial charge on any atom is -0.480 e. The molecule has 5 heteroatoms. The van der Waals surface area contributed by atoms with Crippen LogP contribution in [-0.2, 0) is 9.59 Å². The van der Waals surface area contributed by atoms with Gasteiger partial charge in [-0.2, -0.15) is 0 Å². The lowest BCUT2D eigenvalue weighted by Gasteiger charge is -2.27. The van der Waals surface area contributed by atoms with Gasteiger partial charge in [-0.1, -0.05) is 13.3 Å². The van der Waals surface area contributed by atoms with Gasteiger partial charge in [-0.15, -0.1) is 0 Å². The zero-order chi connectivity index (χ0) is 12.3. The van der Waals surface area contributed by atoms with Crippen molar-refractivity contribution in [3.8, 4) is 0 Å². The Balaban J connectivity index is 2.65. The van der Waals surface area contributed by atoms with Crippen molar-refractivity contribution in [2.45, 2.75) is 51.1 Å². The molecule has 0 aromatic rings. The van der Waals surface area contributed by atoms with E-state index < -0.39 is 11.5 Å². The number of nitrogens with one attached hydrogen (secondary N) is 1. The Labute approximate surface area is 95.4 Å². The topological polar surface area (TPSA) is 92.4 Å². The van der Waals surface area contributed by atoms with Gasteiger partial charge < -0.3 is 16.2 Å². The van der Waals surface area contributed by atoms with Gasteiger partial charge in [-0.3, -0.25) is 4.79 Å². The third kappa shape index (κ3) is 2.52. The van der Waals surface area contributed by atoms with Gasteiger partial charge in [-0.25, -0.2) is 4.79 Å². The second-order valence-corrected chi connectivity index (χ2v) is 4.68. The van der Waals surface area contributed by atoms with E-state index >= 15 is 0 Å². The van der Waals surface area contributed by atoms with Crippen molar-refractivity contribution < 1.29 is 14.7 Å². The zero-order valence-electron chi connectivity index (χ0n) is 9.82. The molecular formula is C11H20N2O3. The van der Waals surface area contributed by atoms with Crippen molar-refractivity contribution in [2.75, 3.05) is 0 Å². The lowest BCUT2D eigenvalue weighted by Crippen LogP contribution is -2.54. The van der Waals surface area contributed by atoms with E-state index in [1.807, 2.05) is 0 Å². The zero-order valence-corrected chi connectivity index (χ0v) is 9.82. The molecular weight excluding hydrogens is 208 g/mol. The molecule has 1 aliphatic carbocycles. The molecule has 0 radical (unpaired) electrons. The van der Waals surface area contributed by atoms with Crippen LogP contribution in [0.2, 0.25) is 0 Å². The average molecular weight is 228 g/mol. The summed E-state index contributed by atoms with van der Waals surface area (Å²) in [6.07, 6.45) is 2.89. The summed E-state index contributed by atoms with van der Waals surface area (Å²) < 4.78 is 0. The predicted octanol–water partition coefficient (Wildman–Crippen LogP) is 0.483. The number of aliphatic carboxylic acids is 1. The lowest BCUT2D eigenvalue weighted by atomic mass is 9.96. The number of carbonyl (C=O) groups excluding carboxylic acids is 1. The summed E-state index contributed by atoms with van der Waals surface area (Å²) in [5, 5.41) is 11.6. The second kappa shape index (κ2) is 4.82. The number of nitrogens with two attached hydrogens (primary N) is 1. The van der Waals surface area contributed by atoms with Gasteiger partial charge in [0.1, 0.15) is 5.54 Å². The fourth-order valence-corrected chi connectivity index (χ4v) is 1.97. The number of hydrogen-bond acceptors (Lipinski definition) is 3. The van der Waals surface area contributed by atoms with Gasteiger partial charge in [0.15, 0.2) is 0 Å². The highest BCUT2D eigenvalue weighted by atomic mass is 16.4. The first-order chi connectivity index (χ1) is 7.40. The van der Waals surface area contributed by atoms with Gasteiger partial charge >= 0.3 is 5.97 Å². The summed E-state index contributed by atoms with van der Waals surface area (Å²) >= 11 is 0. The molecule has 0 spiro atoms. The summed E-state index contributed by atoms with van der Waals surface area (Å²) in [5.74, 6) is -1.46. The van der Waals surface area contributed by atoms with Crippen molar-refractivity contribution in [1.82, 2.24) is 5.32 Å². The monoisotopic (exact) mass is 228 g/mol. The molecule has 0 aliphatic heterocycles. The smallest absolute Gasteiger partial charge is 0.329 e. The van der Waals surface area contributed by atoms with E-state index in [4.69, 9.17) is 10.8 Å². The molecule has 5 nitrogen and oxygen atoms in total. The maximum atomic E-state index is 11.9. The van der Waals surface area contributed by atoms with Crippen LogP contribution in [0.25, 0.3) is 0 Å². The molecule has 1 fully saturated rings. The Kier molecular flexibility index (Phi) is 3.91. The standard InChI is InChI=1S/C11H20N2O3/c1-3-11(2,10(15)16)13-9(14)7-5-4-6-8(7)12/h7-8H,3-6,12H2,1-2H3,(H,13,14)(H,15,16). The minimum atomic E-state index is -1.18. The molecule has 92 valence electrons. The van der Waals surface area contributed by atoms with Gasteiger partial charge in [0.25, 0.3) is 0 Å². The number of rotatable bonds is 4. The fraction of sp³-hybridized carbons (Fsp3) is 0.818. The summed E-state index contributed by atoms with van der Waals surface area (Å²) in [6, 6.07) is -0.130. The third-order valence-electron chi connectivity index (χ3n) is 3.48. The van der Waals surface area contributed by atoms with Crippen LogP contribution in [0.5, 0.6) is 0 Å². The van der Waals surface area contributed by atoms with Crippen LogP contribution < -0.4 is 11.1 Å². The summed E-state index contributed by atoms with van der Waals surface area (Å²) in [4.78, 5) is 22.9. The highest BCUT2D eigenvalue weighted by molar-refractivity contribution is 5.88. The van der Waals surface area contributed by atoms with Gasteiger partial charge in [0.05, 0.1) is 5.92 Å². The Bertz CT molecular complexity index is 293. The Hall–Kier alpha value is -1.10. The summed E-state index contributed by atoms with van der Waals surface area (Å²) in [6.45, 7) is 3.26. The first kappa shape index (κ1) is 13.0. The van der Waals surface area contributed by atoms with E-state index in [9.17, 15) is 9.59 Å². The minimum absolute atomic E-state index is 0.130. The molecule has 1 saturated carbocycles. The van der Waals surface area contributed by atoms with E-state index in [2.05, 4.69) is 5.32 Å². The molecule has 0 aromatic heterocycles. The number of carbonyl (C=O) groups is 2. The van der Waals surface area contributed by atoms with Crippen LogP contribution in [0.15, 0.2) is 0 Å². The largest absolute Gasteiger partial charge is 0.480 e. The lowest BCUT2D eigenvalue weighted by molar-refractivity contribution is -0.147. The molecule has 3 atom stereocenters. The van der Waals surface area contributed by atoms with E-state index in [-0.39, 0.29) is 17.9 Å². The number of carboxylic acid groups (broad SMARTS) is 1. The number of hydrogen-bond donors (Lipinski definition) is 3. The van der Waals surface area contributed by atoms with E-state index in [1.54, 1.807) is 6.92 Å². The molecule has 4 N–H and O–H groups in total. The SMILES string of the molecule is CCC(C)(NC(=O)C1CCCC1N)C(=O)O. The number of amides is 1. The predicted molar refractivity (Wildman–Crippen MR) is 59.8 cm³/mol. The molecule has 16 heavy (non-hydrogen) atoms. The van der Waals surface area contributed by atoms with Crippen LogP contribution in [0.4, 0.5) is 0 Å². The molecule has 3 unspecified atom stereocenters. The van der Waals surface area contributed by atoms with Crippen LogP contribution in [0, 0.1) is 5.92 Å². The molecule has 0 bridgehead atoms. The Morgan fingerprint density at radius 3 is 2.50 bits per heavy atom. The average Bonchev–Trinajstić information content (AvgIpc) is 2.64. The molecule has 1 amide bonds. The Morgan fingerprint density at radius 2 is 2.12 bits per heavy atom. The normalized spacial score (nSPS) is 28.4. The van der Waals surface area contributed by atoms with Gasteiger partial charge in [0, 0.05) is 6.04 Å². The van der Waals surface area contributed by atoms with Crippen molar-refractivity contribution in [3.05, 3.63) is 0 Å². The van der Waals surface area contributed by atoms with Crippen LogP contribution in [0.3, 0.4) is 0 Å². The second-order valence-electron chi connectivity index (χ2n) is 4.68. The quantitative estimate of drug-likeness (QED) is 0.652. The fourth-order valence-electron chi connectivity index (χ4n) is 1.97. The van der Waals surface area contributed by atoms with E-state index in [1.165, 1.54) is 6.92 Å². The maximum absolute atomic E-state index is 11.9. The van der Waals surface area contributed by atoms with Gasteiger partial charge in [0.2, 0.25) is 5.91 Å². The molecule has 0 aromatic carbocycles. The van der Waals surface area contributed by atoms with Crippen LogP contribution in [-0.4, -0.2) is 28.6 Å². The highest BCUT2D eigenvalue weighted by Crippen LogP contribution is 2.25. The first-order valence-electron chi connectivity index (χ1n) is 5.71. The van der Waals surface area contributed by atoms with Gasteiger partial charge in [-0.05, 0) is 26.2 Å². The van der Waals surface area contributed by atoms with Crippen molar-refractivity contribution >= 4 is 11.9 Å². The van der Waals surface area contributed by atoms with Crippen LogP contribution >= 0.6 is 0 Å². The first-order valence-corrected chi connectivity index (χ1v) is 5.71. The Morgan fingerprint density at radius 1 is 1.50 bits per heavy atom. The highest BCUT2D eigenvalue weighted by Gasteiger charge is 2.37. The molecule has 0 saturated heterocycles. The van der Waals surface area contributed by atoms with Crippen molar-refractivity contribution in [2.24, 2.45) is 11.7 Å². The van der Waals surface area contributed by atoms with Crippen LogP contribution in [0.1, 0.15) is 39.5 Å². The molecule has 1 aliphatic rings. The maximum Gasteiger partial charge on any atom is 0.329 e. The number of carboxylic acids is 1. The molecule has 1 rings (SSSR count). The summed E-state index contributed by atoms with van der Waals surface area (Å²) in [7, 11) is 0. The van der Waals surface area contributed by atoms with E-state index in [0.717, 1.165) is 19.3 Å². The van der Waals surface area contributed by atoms with Crippen molar-refractivity contribution in [1.29, 1.82) is 0 Å². The van der Waals surface area contributed by atoms with Crippen molar-refractivity contribution in [3.63, 3.8) is 0 Å². The third-order valence-corrected chi connectivity index (χ3v) is 3.48. The van der Waals surface area contributed by atoms with E-state index in [0.29, 0.717) is 6.42 Å². The molecule has 0 heterocycles. The summed E-state index contributed by atoms with van der Waals surface area (Å²) in [5.41, 5.74) is 4.63.